The quantitative estimate of drug-likeness (QED) is 0.166. The van der Waals surface area contributed by atoms with Crippen molar-refractivity contribution in [2.75, 3.05) is 0 Å². The largest absolute Gasteiger partial charge is 0.451 e. The fourth-order valence-electron chi connectivity index (χ4n) is 8.55. The fraction of sp³-hybridized carbons (Fsp3) is 0. The van der Waals surface area contributed by atoms with Crippen molar-refractivity contribution in [1.82, 2.24) is 14.5 Å². The molecule has 7 heteroatoms. The first-order valence-electron chi connectivity index (χ1n) is 17.6. The monoisotopic (exact) mass is 729 g/mol. The lowest BCUT2D eigenvalue weighted by atomic mass is 9.99. The molecular weight excluding hydrogens is 707 g/mol. The van der Waals surface area contributed by atoms with Crippen LogP contribution in [0.5, 0.6) is 0 Å². The van der Waals surface area contributed by atoms with Gasteiger partial charge in [0.2, 0.25) is 5.95 Å². The van der Waals surface area contributed by atoms with Gasteiger partial charge < -0.3 is 4.42 Å². The molecule has 0 radical (unpaired) electrons. The molecule has 0 unspecified atom stereocenters. The number of benzene rings is 8. The van der Waals surface area contributed by atoms with Gasteiger partial charge in [0, 0.05) is 72.2 Å². The molecule has 4 aromatic heterocycles. The third-order valence-corrected chi connectivity index (χ3v) is 14.5. The molecule has 5 heterocycles. The van der Waals surface area contributed by atoms with Crippen molar-refractivity contribution in [1.29, 1.82) is 0 Å². The first-order valence-corrected chi connectivity index (χ1v) is 20.0. The maximum atomic E-state index is 6.95. The van der Waals surface area contributed by atoms with E-state index in [2.05, 4.69) is 144 Å². The van der Waals surface area contributed by atoms with E-state index < -0.39 is 0 Å². The Bertz CT molecular complexity index is 3540. The predicted molar refractivity (Wildman–Crippen MR) is 223 cm³/mol. The standard InChI is InChI=1S/C46H23N3OS3/c1-2-11-26-24(9-1)19-22-29-40-44(50-43(26)29)41(30-13-8-18-36-45(30)53-34-16-6-5-15-33(34)51-36)48-46(47-40)49-32-14-4-3-12-27(32)31-23-37-39-28(42(31)49)21-20-25-10-7-17-35(52-37)38(25)39/h1-23H. The van der Waals surface area contributed by atoms with Crippen LogP contribution >= 0.6 is 34.9 Å². The molecule has 1 aliphatic rings. The van der Waals surface area contributed by atoms with E-state index in [1.165, 1.54) is 61.3 Å². The number of aromatic nitrogens is 3. The lowest BCUT2D eigenvalue weighted by Crippen LogP contribution is -2.04. The zero-order valence-electron chi connectivity index (χ0n) is 27.8. The summed E-state index contributed by atoms with van der Waals surface area (Å²) < 4.78 is 11.9. The summed E-state index contributed by atoms with van der Waals surface area (Å²) >= 11 is 5.50. The molecule has 0 spiro atoms. The van der Waals surface area contributed by atoms with Crippen molar-refractivity contribution >= 4 is 120 Å². The van der Waals surface area contributed by atoms with E-state index in [4.69, 9.17) is 14.4 Å². The first kappa shape index (κ1) is 28.7. The molecule has 0 N–H and O–H groups in total. The molecule has 0 amide bonds. The van der Waals surface area contributed by atoms with E-state index in [1.54, 1.807) is 0 Å². The van der Waals surface area contributed by atoms with Crippen molar-refractivity contribution < 1.29 is 4.42 Å². The van der Waals surface area contributed by atoms with Crippen LogP contribution in [0, 0.1) is 0 Å². The summed E-state index contributed by atoms with van der Waals surface area (Å²) in [6.45, 7) is 0. The normalized spacial score (nSPS) is 13.1. The average molecular weight is 730 g/mol. The number of furan rings is 1. The molecule has 0 atom stereocenters. The van der Waals surface area contributed by atoms with Crippen LogP contribution in [-0.4, -0.2) is 14.5 Å². The van der Waals surface area contributed by atoms with Gasteiger partial charge in [-0.1, -0.05) is 121 Å². The van der Waals surface area contributed by atoms with E-state index in [-0.39, 0.29) is 0 Å². The topological polar surface area (TPSA) is 43.9 Å². The second kappa shape index (κ2) is 10.4. The Morgan fingerprint density at radius 3 is 2.21 bits per heavy atom. The minimum absolute atomic E-state index is 0.635. The summed E-state index contributed by atoms with van der Waals surface area (Å²) in [5.74, 6) is 0.635. The van der Waals surface area contributed by atoms with Crippen LogP contribution in [-0.2, 0) is 0 Å². The minimum Gasteiger partial charge on any atom is -0.451 e. The highest BCUT2D eigenvalue weighted by Gasteiger charge is 2.27. The van der Waals surface area contributed by atoms with Crippen LogP contribution in [0.25, 0.3) is 103 Å². The highest BCUT2D eigenvalue weighted by atomic mass is 32.2. The lowest BCUT2D eigenvalue weighted by molar-refractivity contribution is 0.670. The third kappa shape index (κ3) is 3.83. The molecule has 0 bridgehead atoms. The van der Waals surface area contributed by atoms with Crippen molar-refractivity contribution in [2.45, 2.75) is 19.6 Å². The molecule has 13 rings (SSSR count). The van der Waals surface area contributed by atoms with Crippen molar-refractivity contribution in [2.24, 2.45) is 0 Å². The fourth-order valence-corrected chi connectivity index (χ4v) is 12.1. The van der Waals surface area contributed by atoms with Crippen LogP contribution < -0.4 is 0 Å². The average Bonchev–Trinajstić information content (AvgIpc) is 3.89. The van der Waals surface area contributed by atoms with Gasteiger partial charge in [0.05, 0.1) is 11.0 Å². The van der Waals surface area contributed by atoms with Gasteiger partial charge in [0.25, 0.3) is 0 Å². The molecule has 12 aromatic rings. The molecule has 0 saturated heterocycles. The number of rotatable bonds is 2. The Kier molecular flexibility index (Phi) is 5.62. The summed E-state index contributed by atoms with van der Waals surface area (Å²) in [7, 11) is 0. The Morgan fingerprint density at radius 2 is 1.26 bits per heavy atom. The zero-order chi connectivity index (χ0) is 34.4. The van der Waals surface area contributed by atoms with Crippen LogP contribution in [0.15, 0.2) is 164 Å². The van der Waals surface area contributed by atoms with E-state index in [9.17, 15) is 0 Å². The Morgan fingerprint density at radius 1 is 0.509 bits per heavy atom. The molecule has 0 aliphatic carbocycles. The molecule has 246 valence electrons. The summed E-state index contributed by atoms with van der Waals surface area (Å²) in [6.07, 6.45) is 0. The number of para-hydroxylation sites is 1. The predicted octanol–water partition coefficient (Wildman–Crippen LogP) is 13.9. The number of hydrogen-bond acceptors (Lipinski definition) is 6. The smallest absolute Gasteiger partial charge is 0.236 e. The van der Waals surface area contributed by atoms with Gasteiger partial charge in [-0.2, -0.15) is 0 Å². The number of fused-ring (bicyclic) bond motifs is 11. The van der Waals surface area contributed by atoms with Crippen LogP contribution in [0.3, 0.4) is 0 Å². The van der Waals surface area contributed by atoms with E-state index in [0.29, 0.717) is 11.5 Å². The van der Waals surface area contributed by atoms with Gasteiger partial charge in [-0.05, 0) is 53.2 Å². The summed E-state index contributed by atoms with van der Waals surface area (Å²) in [5, 5.41) is 10.7. The van der Waals surface area contributed by atoms with Gasteiger partial charge in [-0.3, -0.25) is 4.57 Å². The maximum absolute atomic E-state index is 6.95. The second-order valence-corrected chi connectivity index (χ2v) is 16.9. The van der Waals surface area contributed by atoms with Crippen LogP contribution in [0.4, 0.5) is 0 Å². The lowest BCUT2D eigenvalue weighted by Gasteiger charge is -2.21. The Hall–Kier alpha value is -5.86. The van der Waals surface area contributed by atoms with Crippen molar-refractivity contribution in [3.8, 4) is 17.2 Å². The number of nitrogens with zero attached hydrogens (tertiary/aromatic N) is 3. The first-order chi connectivity index (χ1) is 26.3. The third-order valence-electron chi connectivity index (χ3n) is 10.8. The minimum atomic E-state index is 0.635. The zero-order valence-corrected chi connectivity index (χ0v) is 30.2. The SMILES string of the molecule is c1ccc2c(c1)Sc1cccc(-c3nc(-n4c5ccccc5c5cc6sc7cccc8ccc(c6c87)c54)nc4c3oc3c5ccccc5ccc43)c1S2. The van der Waals surface area contributed by atoms with Crippen molar-refractivity contribution in [3.63, 3.8) is 0 Å². The number of thiophene rings is 1. The van der Waals surface area contributed by atoms with Crippen molar-refractivity contribution in [3.05, 3.63) is 140 Å². The summed E-state index contributed by atoms with van der Waals surface area (Å²) in [6, 6.07) is 50.2. The van der Waals surface area contributed by atoms with Crippen LogP contribution in [0.2, 0.25) is 0 Å². The summed E-state index contributed by atoms with van der Waals surface area (Å²) in [5.41, 5.74) is 6.41. The molecule has 53 heavy (non-hydrogen) atoms. The van der Waals surface area contributed by atoms with Gasteiger partial charge in [-0.25, -0.2) is 9.97 Å². The maximum Gasteiger partial charge on any atom is 0.236 e. The van der Waals surface area contributed by atoms with Gasteiger partial charge >= 0.3 is 0 Å². The second-order valence-electron chi connectivity index (χ2n) is 13.7. The van der Waals surface area contributed by atoms with Crippen LogP contribution in [0.1, 0.15) is 0 Å². The molecule has 8 aromatic carbocycles. The molecule has 1 aliphatic heterocycles. The van der Waals surface area contributed by atoms with E-state index in [0.717, 1.165) is 49.5 Å². The molecular formula is C46H23N3OS3. The van der Waals surface area contributed by atoms with Gasteiger partial charge in [0.1, 0.15) is 16.8 Å². The van der Waals surface area contributed by atoms with Gasteiger partial charge in [0.15, 0.2) is 5.58 Å². The Labute approximate surface area is 314 Å². The van der Waals surface area contributed by atoms with Gasteiger partial charge in [-0.15, -0.1) is 11.3 Å². The Balaban J connectivity index is 1.19. The summed E-state index contributed by atoms with van der Waals surface area (Å²) in [4.78, 5) is 16.0. The van der Waals surface area contributed by atoms with E-state index in [1.807, 2.05) is 34.9 Å². The molecule has 4 nitrogen and oxygen atoms in total. The molecule has 0 fully saturated rings. The number of hydrogen-bond donors (Lipinski definition) is 0. The van der Waals surface area contributed by atoms with E-state index >= 15 is 0 Å². The highest BCUT2D eigenvalue weighted by molar-refractivity contribution is 8.05. The highest BCUT2D eigenvalue weighted by Crippen LogP contribution is 2.53. The molecule has 0 saturated carbocycles.